The number of nitrogens with zero attached hydrogens (tertiary/aromatic N) is 5. The quantitative estimate of drug-likeness (QED) is 0.135. The Kier molecular flexibility index (Phi) is 11.5. The normalized spacial score (nSPS) is 20.5. The molecule has 0 bridgehead atoms. The molecule has 1 atom stereocenters. The van der Waals surface area contributed by atoms with Crippen molar-refractivity contribution >= 4 is 50.5 Å². The Labute approximate surface area is 340 Å². The molecule has 14 heteroatoms. The molecule has 3 fully saturated rings. The van der Waals surface area contributed by atoms with Crippen molar-refractivity contribution in [3.63, 3.8) is 0 Å². The van der Waals surface area contributed by atoms with Crippen LogP contribution in [0.4, 0.5) is 23.1 Å². The van der Waals surface area contributed by atoms with Gasteiger partial charge in [0.2, 0.25) is 5.95 Å². The highest BCUT2D eigenvalue weighted by molar-refractivity contribution is 7.92. The van der Waals surface area contributed by atoms with Gasteiger partial charge in [0.1, 0.15) is 5.02 Å². The number of benzene rings is 3. The van der Waals surface area contributed by atoms with Crippen LogP contribution in [-0.2, 0) is 28.5 Å². The molecule has 57 heavy (non-hydrogen) atoms. The summed E-state index contributed by atoms with van der Waals surface area (Å²) in [5.41, 5.74) is 4.74. The molecule has 8 rings (SSSR count). The minimum Gasteiger partial charge on any atom is -0.385 e. The molecule has 0 saturated carbocycles. The molecule has 4 aliphatic rings. The van der Waals surface area contributed by atoms with Crippen LogP contribution in [0, 0.1) is 0 Å². The van der Waals surface area contributed by atoms with Crippen molar-refractivity contribution in [2.45, 2.75) is 93.3 Å². The third-order valence-electron chi connectivity index (χ3n) is 12.2. The molecule has 1 amide bonds. The monoisotopic (exact) mass is 812 g/mol. The fourth-order valence-electron chi connectivity index (χ4n) is 8.66. The van der Waals surface area contributed by atoms with Gasteiger partial charge in [-0.3, -0.25) is 9.69 Å². The first-order valence-electron chi connectivity index (χ1n) is 20.3. The van der Waals surface area contributed by atoms with E-state index in [4.69, 9.17) is 11.6 Å². The van der Waals surface area contributed by atoms with E-state index in [1.807, 2.05) is 17.0 Å². The zero-order valence-corrected chi connectivity index (χ0v) is 34.3. The van der Waals surface area contributed by atoms with Gasteiger partial charge in [0, 0.05) is 69.1 Å². The summed E-state index contributed by atoms with van der Waals surface area (Å²) in [4.78, 5) is 29.2. The lowest BCUT2D eigenvalue weighted by Gasteiger charge is -2.39. The van der Waals surface area contributed by atoms with Crippen molar-refractivity contribution in [3.8, 4) is 0 Å². The van der Waals surface area contributed by atoms with Gasteiger partial charge in [-0.25, -0.2) is 13.4 Å². The lowest BCUT2D eigenvalue weighted by Crippen LogP contribution is -2.46. The van der Waals surface area contributed by atoms with Crippen molar-refractivity contribution < 1.29 is 18.3 Å². The van der Waals surface area contributed by atoms with Crippen molar-refractivity contribution in [1.82, 2.24) is 25.1 Å². The molecule has 5 heterocycles. The number of para-hydroxylation sites is 1. The molecule has 4 aromatic rings. The number of aromatic nitrogens is 2. The van der Waals surface area contributed by atoms with Gasteiger partial charge in [-0.15, -0.1) is 0 Å². The molecule has 4 N–H and O–H groups in total. The number of hydrogen-bond donors (Lipinski definition) is 4. The maximum Gasteiger partial charge on any atom is 0.254 e. The van der Waals surface area contributed by atoms with Crippen LogP contribution in [0.3, 0.4) is 0 Å². The van der Waals surface area contributed by atoms with Crippen LogP contribution < -0.4 is 20.9 Å². The number of aliphatic hydroxyl groups is 1. The van der Waals surface area contributed by atoms with E-state index in [2.05, 4.69) is 66.0 Å². The maximum atomic E-state index is 13.2. The number of piperidine rings is 3. The van der Waals surface area contributed by atoms with Crippen LogP contribution >= 0.6 is 11.6 Å². The van der Waals surface area contributed by atoms with E-state index in [0.717, 1.165) is 88.2 Å². The van der Waals surface area contributed by atoms with E-state index in [1.165, 1.54) is 17.4 Å². The average Bonchev–Trinajstić information content (AvgIpc) is 3.56. The summed E-state index contributed by atoms with van der Waals surface area (Å²) < 4.78 is 25.9. The van der Waals surface area contributed by atoms with Crippen molar-refractivity contribution in [3.05, 3.63) is 100 Å². The second-order valence-corrected chi connectivity index (χ2v) is 19.2. The van der Waals surface area contributed by atoms with Crippen LogP contribution in [0.15, 0.2) is 77.8 Å². The summed E-state index contributed by atoms with van der Waals surface area (Å²) in [7, 11) is -3.52. The third-order valence-corrected chi connectivity index (χ3v) is 14.7. The fraction of sp³-hybridized carbons (Fsp3) is 0.465. The molecule has 1 aromatic heterocycles. The second-order valence-electron chi connectivity index (χ2n) is 16.3. The molecule has 12 nitrogen and oxygen atoms in total. The number of sulfone groups is 1. The number of fused-ring (bicyclic) bond motifs is 1. The number of carbonyl (C=O) groups is 1. The molecule has 3 aromatic carbocycles. The van der Waals surface area contributed by atoms with Gasteiger partial charge in [-0.05, 0) is 106 Å². The van der Waals surface area contributed by atoms with Gasteiger partial charge >= 0.3 is 0 Å². The zero-order chi connectivity index (χ0) is 39.7. The predicted octanol–water partition coefficient (Wildman–Crippen LogP) is 6.33. The summed E-state index contributed by atoms with van der Waals surface area (Å²) in [6.07, 6.45) is 6.78. The average molecular weight is 813 g/mol. The number of anilines is 4. The first kappa shape index (κ1) is 39.6. The van der Waals surface area contributed by atoms with Crippen molar-refractivity contribution in [2.75, 3.05) is 54.8 Å². The van der Waals surface area contributed by atoms with Crippen molar-refractivity contribution in [2.24, 2.45) is 0 Å². The van der Waals surface area contributed by atoms with Crippen LogP contribution in [0.5, 0.6) is 0 Å². The Hall–Kier alpha value is -4.27. The lowest BCUT2D eigenvalue weighted by molar-refractivity contribution is -0.0278. The summed E-state index contributed by atoms with van der Waals surface area (Å²) in [5, 5.41) is 21.5. The highest BCUT2D eigenvalue weighted by atomic mass is 35.5. The first-order chi connectivity index (χ1) is 27.5. The molecular weight excluding hydrogens is 760 g/mol. The zero-order valence-electron chi connectivity index (χ0n) is 32.8. The number of hydrogen-bond acceptors (Lipinski definition) is 11. The van der Waals surface area contributed by atoms with Gasteiger partial charge in [0.15, 0.2) is 15.7 Å². The summed E-state index contributed by atoms with van der Waals surface area (Å²) in [5.74, 6) is 0.902. The number of amides is 1. The number of likely N-dealkylation sites (tertiary alicyclic amines) is 1. The first-order valence-corrected chi connectivity index (χ1v) is 22.2. The number of halogens is 1. The van der Waals surface area contributed by atoms with E-state index >= 15 is 0 Å². The van der Waals surface area contributed by atoms with Gasteiger partial charge in [-0.2, -0.15) is 4.98 Å². The molecule has 1 unspecified atom stereocenters. The molecule has 3 saturated heterocycles. The lowest BCUT2D eigenvalue weighted by atomic mass is 9.83. The third kappa shape index (κ3) is 8.49. The Morgan fingerprint density at radius 1 is 1.00 bits per heavy atom. The summed E-state index contributed by atoms with van der Waals surface area (Å²) in [6, 6.07) is 22.0. The Morgan fingerprint density at radius 2 is 1.75 bits per heavy atom. The molecule has 0 spiro atoms. The number of rotatable bonds is 11. The van der Waals surface area contributed by atoms with E-state index in [0.29, 0.717) is 41.9 Å². The molecule has 0 aliphatic carbocycles. The standard InChI is InChI=1S/C43H53ClN8O4S/c1-29(2)57(55,56)39-8-4-3-7-38(39)48-40-37(44)26-46-42(49-40)47-33-15-20-51(21-16-33)34-12-9-30(10-13-34)27-50-22-17-43(54,18-23-50)32-11-14-36-31(24-32)28-52(41(36)53)35-6-5-19-45-25-35/h3-4,7-14,24,26,29,33,35,45,54H,5-6,15-23,25,27-28H2,1-2H3,(H2,46,47,48,49). The smallest absolute Gasteiger partial charge is 0.254 e. The van der Waals surface area contributed by atoms with Gasteiger partial charge in [0.25, 0.3) is 5.91 Å². The van der Waals surface area contributed by atoms with Gasteiger partial charge < -0.3 is 30.9 Å². The molecule has 0 radical (unpaired) electrons. The second kappa shape index (κ2) is 16.5. The largest absolute Gasteiger partial charge is 0.385 e. The minimum atomic E-state index is -3.52. The van der Waals surface area contributed by atoms with E-state index in [-0.39, 0.29) is 22.9 Å². The maximum absolute atomic E-state index is 13.2. The summed E-state index contributed by atoms with van der Waals surface area (Å²) in [6.45, 7) is 10.0. The highest BCUT2D eigenvalue weighted by Crippen LogP contribution is 2.37. The fourth-order valence-corrected chi connectivity index (χ4v) is 10.00. The number of nitrogens with one attached hydrogen (secondary N) is 3. The minimum absolute atomic E-state index is 0.121. The Bertz CT molecular complexity index is 2180. The van der Waals surface area contributed by atoms with Crippen LogP contribution in [0.25, 0.3) is 0 Å². The van der Waals surface area contributed by atoms with Gasteiger partial charge in [-0.1, -0.05) is 48.0 Å². The topological polar surface area (TPSA) is 143 Å². The van der Waals surface area contributed by atoms with Gasteiger partial charge in [0.05, 0.1) is 27.6 Å². The van der Waals surface area contributed by atoms with E-state index in [9.17, 15) is 18.3 Å². The summed E-state index contributed by atoms with van der Waals surface area (Å²) >= 11 is 6.45. The SMILES string of the molecule is CC(C)S(=O)(=O)c1ccccc1Nc1nc(NC2CCN(c3ccc(CN4CCC(O)(c5ccc6c(c5)CN(C5CCCNC5)C6=O)CC4)cc3)CC2)ncc1Cl. The molecule has 4 aliphatic heterocycles. The predicted molar refractivity (Wildman–Crippen MR) is 225 cm³/mol. The van der Waals surface area contributed by atoms with E-state index < -0.39 is 20.7 Å². The van der Waals surface area contributed by atoms with Crippen LogP contribution in [0.1, 0.15) is 79.4 Å². The van der Waals surface area contributed by atoms with Crippen LogP contribution in [0.2, 0.25) is 5.02 Å². The molecular formula is C43H53ClN8O4S. The Balaban J connectivity index is 0.813. The number of carbonyl (C=O) groups excluding carboxylic acids is 1. The van der Waals surface area contributed by atoms with Crippen molar-refractivity contribution in [1.29, 1.82) is 0 Å². The Morgan fingerprint density at radius 3 is 2.47 bits per heavy atom. The highest BCUT2D eigenvalue weighted by Gasteiger charge is 2.38. The van der Waals surface area contributed by atoms with E-state index in [1.54, 1.807) is 38.1 Å². The molecule has 302 valence electrons. The van der Waals surface area contributed by atoms with Crippen LogP contribution in [-0.4, -0.2) is 95.8 Å².